The van der Waals surface area contributed by atoms with Crippen LogP contribution in [0, 0.1) is 11.8 Å². The van der Waals surface area contributed by atoms with Crippen molar-refractivity contribution in [1.29, 1.82) is 0 Å². The molecule has 14 amide bonds. The number of amides is 14. The Kier molecular flexibility index (Phi) is 39.2. The molecule has 0 bridgehead atoms. The van der Waals surface area contributed by atoms with Gasteiger partial charge < -0.3 is 116 Å². The average molecular weight is 1430 g/mol. The first-order valence-electron chi connectivity index (χ1n) is 32.0. The van der Waals surface area contributed by atoms with E-state index in [1.807, 2.05) is 0 Å². The molecule has 0 aromatic rings. The molecule has 0 saturated carbocycles. The summed E-state index contributed by atoms with van der Waals surface area (Å²) >= 11 is 0. The molecule has 0 radical (unpaired) electrons. The average Bonchev–Trinajstić information content (AvgIpc) is 1.63. The molecule has 23 N–H and O–H groups in total. The molecule has 562 valence electrons. The van der Waals surface area contributed by atoms with Crippen molar-refractivity contribution < 1.29 is 122 Å². The van der Waals surface area contributed by atoms with Crippen LogP contribution >= 0.6 is 0 Å². The summed E-state index contributed by atoms with van der Waals surface area (Å²) in [6.45, 7) is 6.39. The van der Waals surface area contributed by atoms with Crippen molar-refractivity contribution in [1.82, 2.24) is 74.0 Å². The Labute approximate surface area is 573 Å². The van der Waals surface area contributed by atoms with Crippen LogP contribution < -0.4 is 80.6 Å². The van der Waals surface area contributed by atoms with Crippen LogP contribution in [0.2, 0.25) is 0 Å². The second kappa shape index (κ2) is 44.7. The molecule has 12 atom stereocenters. The van der Waals surface area contributed by atoms with Crippen molar-refractivity contribution in [3.63, 3.8) is 0 Å². The molecular formula is C59H96N16O25. The lowest BCUT2D eigenvalue weighted by Gasteiger charge is -2.30. The van der Waals surface area contributed by atoms with Gasteiger partial charge in [0.2, 0.25) is 82.7 Å². The van der Waals surface area contributed by atoms with E-state index in [2.05, 4.69) is 69.1 Å². The van der Waals surface area contributed by atoms with Gasteiger partial charge >= 0.3 is 29.8 Å². The zero-order valence-corrected chi connectivity index (χ0v) is 56.6. The van der Waals surface area contributed by atoms with Crippen LogP contribution in [0.4, 0.5) is 0 Å². The lowest BCUT2D eigenvalue weighted by Crippen LogP contribution is -2.60. The van der Waals surface area contributed by atoms with Crippen LogP contribution in [0.3, 0.4) is 0 Å². The van der Waals surface area contributed by atoms with Gasteiger partial charge in [0.15, 0.2) is 0 Å². The quantitative estimate of drug-likeness (QED) is 0.0252. The Hall–Kier alpha value is -10.2. The highest BCUT2D eigenvalue weighted by atomic mass is 16.4. The summed E-state index contributed by atoms with van der Waals surface area (Å²) in [5, 5.41) is 86.3. The number of hydrogen-bond acceptors (Lipinski definition) is 22. The Bertz CT molecular complexity index is 2950. The van der Waals surface area contributed by atoms with E-state index in [0.29, 0.717) is 6.42 Å². The number of likely N-dealkylation sites (tertiary alicyclic amines) is 1. The first-order valence-corrected chi connectivity index (χ1v) is 32.0. The molecule has 100 heavy (non-hydrogen) atoms. The highest BCUT2D eigenvalue weighted by Crippen LogP contribution is 2.21. The smallest absolute Gasteiger partial charge is 0.322 e. The SMILES string of the molecule is CC(C)C[C@H](NC(=O)[C@H](CCC(=O)O)NC(=O)[C@H](CCCCN)NC(=O)[C@H](C)NC(=O)[C@H](CO)NC(=O)CNC(=O)[C@H](C)NC(=O)[C@@H](N)CCC(=O)O)C(=O)N[C@@H](CCC(=O)O)C(=O)NCC(=O)N[C@@H](CC(=O)O)C(=O)N1CCC[C@H]1C(=O)N[C@H](C(=O)N[C@@H](C)C(=O)NCC(=O)O)C(C)C. The van der Waals surface area contributed by atoms with Crippen molar-refractivity contribution in [2.45, 2.75) is 204 Å². The molecule has 41 nitrogen and oxygen atoms in total. The minimum atomic E-state index is -1.87. The first-order chi connectivity index (χ1) is 46.7. The van der Waals surface area contributed by atoms with Gasteiger partial charge in [-0.25, -0.2) is 0 Å². The molecule has 1 saturated heterocycles. The molecule has 41 heteroatoms. The zero-order chi connectivity index (χ0) is 76.3. The number of nitrogens with one attached hydrogen (secondary N) is 13. The summed E-state index contributed by atoms with van der Waals surface area (Å²) in [5.41, 5.74) is 11.3. The third kappa shape index (κ3) is 33.4. The third-order valence-electron chi connectivity index (χ3n) is 14.9. The van der Waals surface area contributed by atoms with Crippen molar-refractivity contribution in [2.75, 3.05) is 39.3 Å². The lowest BCUT2D eigenvalue weighted by atomic mass is 10.0. The lowest BCUT2D eigenvalue weighted by molar-refractivity contribution is -0.146. The molecule has 0 aliphatic carbocycles. The summed E-state index contributed by atoms with van der Waals surface area (Å²) < 4.78 is 0. The summed E-state index contributed by atoms with van der Waals surface area (Å²) in [6, 6.07) is -18.2. The Morgan fingerprint density at radius 3 is 1.35 bits per heavy atom. The molecule has 0 aromatic carbocycles. The largest absolute Gasteiger partial charge is 0.481 e. The van der Waals surface area contributed by atoms with E-state index in [-0.39, 0.29) is 51.6 Å². The van der Waals surface area contributed by atoms with Gasteiger partial charge in [-0.3, -0.25) is 91.1 Å². The molecule has 1 heterocycles. The Balaban J connectivity index is 3.29. The highest BCUT2D eigenvalue weighted by molar-refractivity contribution is 6.00. The standard InChI is InChI=1S/C59H96N16O25/c1-27(2)21-36(55(96)71-34(14-17-43(81)82)52(93)63-24-40(77)68-37(22-45(85)86)59(100)75-20-10-12-39(75)57(98)74-47(28(3)4)58(99)67-30(6)49(90)64-25-46(87)88)73-54(95)35(15-18-44(83)84)72-53(94)33(11-8-9-19-60)70-50(91)31(7)66-56(97)38(26-76)69-41(78)23-62-48(89)29(5)65-51(92)32(61)13-16-42(79)80/h27-39,47,76H,8-26,60-61H2,1-7H3,(H,62,89)(H,63,93)(H,64,90)(H,65,92)(H,66,97)(H,67,99)(H,68,77)(H,69,78)(H,70,91)(H,71,96)(H,72,94)(H,73,95)(H,74,98)(H,79,80)(H,81,82)(H,83,84)(H,85,86)(H,87,88)/t29-,30-,31-,32-,33-,34-,35-,36-,37-,38-,39-,47-/m0/s1. The fourth-order valence-corrected chi connectivity index (χ4v) is 9.47. The number of aliphatic carboxylic acids is 5. The minimum absolute atomic E-state index is 0.0163. The molecule has 0 unspecified atom stereocenters. The number of carboxylic acid groups (broad SMARTS) is 5. The Morgan fingerprint density at radius 1 is 0.430 bits per heavy atom. The zero-order valence-electron chi connectivity index (χ0n) is 56.6. The number of aliphatic hydroxyl groups excluding tert-OH is 1. The van der Waals surface area contributed by atoms with E-state index in [1.54, 1.807) is 27.7 Å². The number of nitrogens with two attached hydrogens (primary N) is 2. The van der Waals surface area contributed by atoms with Gasteiger partial charge in [-0.15, -0.1) is 0 Å². The second-order valence-corrected chi connectivity index (χ2v) is 24.2. The van der Waals surface area contributed by atoms with Crippen molar-refractivity contribution in [3.05, 3.63) is 0 Å². The summed E-state index contributed by atoms with van der Waals surface area (Å²) in [5.74, 6) is -22.4. The summed E-state index contributed by atoms with van der Waals surface area (Å²) in [6.07, 6.45) is -4.20. The van der Waals surface area contributed by atoms with Crippen LogP contribution in [0.5, 0.6) is 0 Å². The van der Waals surface area contributed by atoms with E-state index in [0.717, 1.165) is 11.8 Å². The predicted octanol–water partition coefficient (Wildman–Crippen LogP) is -8.46. The topological polar surface area (TPSA) is 657 Å². The highest BCUT2D eigenvalue weighted by Gasteiger charge is 2.41. The van der Waals surface area contributed by atoms with Gasteiger partial charge in [-0.2, -0.15) is 0 Å². The fourth-order valence-electron chi connectivity index (χ4n) is 9.47. The van der Waals surface area contributed by atoms with Crippen LogP contribution in [-0.2, 0) is 91.1 Å². The van der Waals surface area contributed by atoms with Gasteiger partial charge in [-0.1, -0.05) is 27.7 Å². The predicted molar refractivity (Wildman–Crippen MR) is 343 cm³/mol. The van der Waals surface area contributed by atoms with E-state index in [1.165, 1.54) is 13.8 Å². The van der Waals surface area contributed by atoms with Gasteiger partial charge in [0.1, 0.15) is 73.0 Å². The number of hydrogen-bond donors (Lipinski definition) is 21. The minimum Gasteiger partial charge on any atom is -0.481 e. The molecular weight excluding hydrogens is 1330 g/mol. The molecule has 0 aromatic heterocycles. The van der Waals surface area contributed by atoms with Crippen molar-refractivity contribution >= 4 is 113 Å². The number of unbranched alkanes of at least 4 members (excludes halogenated alkanes) is 1. The normalized spacial score (nSPS) is 15.8. The fraction of sp³-hybridized carbons (Fsp3) is 0.678. The van der Waals surface area contributed by atoms with Crippen LogP contribution in [0.1, 0.15) is 132 Å². The number of aliphatic hydroxyl groups is 1. The monoisotopic (exact) mass is 1430 g/mol. The number of carbonyl (C=O) groups excluding carboxylic acids is 14. The van der Waals surface area contributed by atoms with Gasteiger partial charge in [0.05, 0.1) is 32.2 Å². The van der Waals surface area contributed by atoms with E-state index >= 15 is 0 Å². The Morgan fingerprint density at radius 2 is 0.860 bits per heavy atom. The summed E-state index contributed by atoms with van der Waals surface area (Å²) in [4.78, 5) is 245. The number of carboxylic acids is 5. The number of rotatable bonds is 47. The van der Waals surface area contributed by atoms with Crippen molar-refractivity contribution in [2.24, 2.45) is 23.3 Å². The molecule has 1 fully saturated rings. The van der Waals surface area contributed by atoms with Crippen molar-refractivity contribution in [3.8, 4) is 0 Å². The van der Waals surface area contributed by atoms with E-state index < -0.39 is 262 Å². The van der Waals surface area contributed by atoms with E-state index in [4.69, 9.17) is 21.7 Å². The third-order valence-corrected chi connectivity index (χ3v) is 14.9. The molecule has 1 rings (SSSR count). The maximum Gasteiger partial charge on any atom is 0.322 e. The van der Waals surface area contributed by atoms with Crippen LogP contribution in [-0.4, -0.2) is 260 Å². The van der Waals surface area contributed by atoms with Gasteiger partial charge in [0.25, 0.3) is 0 Å². The molecule has 0 spiro atoms. The number of nitrogens with zero attached hydrogens (tertiary/aromatic N) is 1. The first kappa shape index (κ1) is 87.8. The maximum atomic E-state index is 14.1. The van der Waals surface area contributed by atoms with Gasteiger partial charge in [-0.05, 0) is 96.9 Å². The number of carbonyl (C=O) groups is 19. The van der Waals surface area contributed by atoms with Crippen LogP contribution in [0.25, 0.3) is 0 Å². The molecule has 1 aliphatic heterocycles. The molecule has 1 aliphatic rings. The maximum absolute atomic E-state index is 14.1. The summed E-state index contributed by atoms with van der Waals surface area (Å²) in [7, 11) is 0. The van der Waals surface area contributed by atoms with Gasteiger partial charge in [0, 0.05) is 25.8 Å². The van der Waals surface area contributed by atoms with E-state index in [9.17, 15) is 112 Å². The van der Waals surface area contributed by atoms with Crippen LogP contribution in [0.15, 0.2) is 0 Å². The second-order valence-electron chi connectivity index (χ2n) is 24.2.